The highest BCUT2D eigenvalue weighted by Gasteiger charge is 2.39. The molecule has 94 valence electrons. The highest BCUT2D eigenvalue weighted by Crippen LogP contribution is 2.45. The van der Waals surface area contributed by atoms with Crippen molar-refractivity contribution in [2.75, 3.05) is 6.54 Å². The second kappa shape index (κ2) is 4.74. The Kier molecular flexibility index (Phi) is 4.00. The van der Waals surface area contributed by atoms with Gasteiger partial charge in [-0.15, -0.1) is 0 Å². The van der Waals surface area contributed by atoms with Crippen molar-refractivity contribution in [3.05, 3.63) is 0 Å². The van der Waals surface area contributed by atoms with E-state index < -0.39 is 0 Å². The molecule has 1 amide bonds. The predicted molar refractivity (Wildman–Crippen MR) is 67.0 cm³/mol. The van der Waals surface area contributed by atoms with Crippen LogP contribution in [0.25, 0.3) is 0 Å². The SMILES string of the molecule is CCC(=O)NCC1(C)CC(N)CC(C)(C)C1. The van der Waals surface area contributed by atoms with E-state index in [9.17, 15) is 4.79 Å². The zero-order valence-corrected chi connectivity index (χ0v) is 11.1. The number of nitrogens with one attached hydrogen (secondary N) is 1. The van der Waals surface area contributed by atoms with E-state index in [1.54, 1.807) is 0 Å². The monoisotopic (exact) mass is 226 g/mol. The largest absolute Gasteiger partial charge is 0.356 e. The summed E-state index contributed by atoms with van der Waals surface area (Å²) >= 11 is 0. The molecule has 0 heterocycles. The van der Waals surface area contributed by atoms with E-state index in [0.717, 1.165) is 25.8 Å². The highest BCUT2D eigenvalue weighted by molar-refractivity contribution is 5.75. The molecule has 0 saturated heterocycles. The Morgan fingerprint density at radius 3 is 2.50 bits per heavy atom. The van der Waals surface area contributed by atoms with Gasteiger partial charge >= 0.3 is 0 Å². The Balaban J connectivity index is 2.58. The number of rotatable bonds is 3. The van der Waals surface area contributed by atoms with E-state index in [4.69, 9.17) is 5.73 Å². The van der Waals surface area contributed by atoms with Crippen LogP contribution in [0.2, 0.25) is 0 Å². The quantitative estimate of drug-likeness (QED) is 0.774. The third-order valence-corrected chi connectivity index (χ3v) is 3.51. The fraction of sp³-hybridized carbons (Fsp3) is 0.923. The van der Waals surface area contributed by atoms with Crippen LogP contribution in [0, 0.1) is 10.8 Å². The summed E-state index contributed by atoms with van der Waals surface area (Å²) in [5.74, 6) is 0.137. The second-order valence-electron chi connectivity index (χ2n) is 6.45. The van der Waals surface area contributed by atoms with Crippen LogP contribution in [-0.4, -0.2) is 18.5 Å². The summed E-state index contributed by atoms with van der Waals surface area (Å²) in [6.07, 6.45) is 3.80. The normalized spacial score (nSPS) is 33.4. The zero-order chi connectivity index (χ0) is 12.4. The molecule has 0 bridgehead atoms. The zero-order valence-electron chi connectivity index (χ0n) is 11.1. The van der Waals surface area contributed by atoms with Crippen molar-refractivity contribution in [2.45, 2.75) is 59.4 Å². The minimum Gasteiger partial charge on any atom is -0.356 e. The molecule has 3 N–H and O–H groups in total. The third-order valence-electron chi connectivity index (χ3n) is 3.51. The van der Waals surface area contributed by atoms with Crippen molar-refractivity contribution in [1.29, 1.82) is 0 Å². The van der Waals surface area contributed by atoms with Crippen LogP contribution < -0.4 is 11.1 Å². The van der Waals surface area contributed by atoms with Crippen LogP contribution in [0.3, 0.4) is 0 Å². The van der Waals surface area contributed by atoms with Gasteiger partial charge in [0.2, 0.25) is 5.91 Å². The summed E-state index contributed by atoms with van der Waals surface area (Å²) in [5.41, 5.74) is 6.57. The van der Waals surface area contributed by atoms with Crippen LogP contribution >= 0.6 is 0 Å². The Labute approximate surface area is 99.2 Å². The average Bonchev–Trinajstić information content (AvgIpc) is 2.10. The molecule has 2 atom stereocenters. The van der Waals surface area contributed by atoms with Gasteiger partial charge in [-0.1, -0.05) is 27.7 Å². The van der Waals surface area contributed by atoms with Gasteiger partial charge < -0.3 is 11.1 Å². The maximum atomic E-state index is 11.3. The van der Waals surface area contributed by atoms with Crippen molar-refractivity contribution in [3.8, 4) is 0 Å². The summed E-state index contributed by atoms with van der Waals surface area (Å²) in [7, 11) is 0. The standard InChI is InChI=1S/C13H26N2O/c1-5-11(16)15-9-13(4)7-10(14)6-12(2,3)8-13/h10H,5-9,14H2,1-4H3,(H,15,16). The smallest absolute Gasteiger partial charge is 0.219 e. The fourth-order valence-corrected chi connectivity index (χ4v) is 3.29. The summed E-state index contributed by atoms with van der Waals surface area (Å²) in [5, 5.41) is 3.01. The molecule has 2 unspecified atom stereocenters. The molecule has 0 spiro atoms. The van der Waals surface area contributed by atoms with Crippen molar-refractivity contribution < 1.29 is 4.79 Å². The van der Waals surface area contributed by atoms with Gasteiger partial charge in [0.05, 0.1) is 0 Å². The molecule has 1 fully saturated rings. The Morgan fingerprint density at radius 1 is 1.38 bits per heavy atom. The van der Waals surface area contributed by atoms with Gasteiger partial charge in [-0.2, -0.15) is 0 Å². The number of carbonyl (C=O) groups is 1. The summed E-state index contributed by atoms with van der Waals surface area (Å²) < 4.78 is 0. The Bertz CT molecular complexity index is 263. The predicted octanol–water partition coefficient (Wildman–Crippen LogP) is 2.06. The van der Waals surface area contributed by atoms with Crippen molar-refractivity contribution in [3.63, 3.8) is 0 Å². The maximum absolute atomic E-state index is 11.3. The summed E-state index contributed by atoms with van der Waals surface area (Å²) in [6, 6.07) is 0.271. The first kappa shape index (κ1) is 13.5. The topological polar surface area (TPSA) is 55.1 Å². The molecule has 0 aromatic heterocycles. The lowest BCUT2D eigenvalue weighted by Gasteiger charge is -2.45. The van der Waals surface area contributed by atoms with Crippen molar-refractivity contribution in [2.24, 2.45) is 16.6 Å². The van der Waals surface area contributed by atoms with Crippen LogP contribution in [0.5, 0.6) is 0 Å². The molecule has 0 aliphatic heterocycles. The third kappa shape index (κ3) is 3.78. The van der Waals surface area contributed by atoms with Gasteiger partial charge in [-0.25, -0.2) is 0 Å². The van der Waals surface area contributed by atoms with Crippen LogP contribution in [0.15, 0.2) is 0 Å². The minimum atomic E-state index is 0.137. The summed E-state index contributed by atoms with van der Waals surface area (Å²) in [4.78, 5) is 11.3. The van der Waals surface area contributed by atoms with Crippen molar-refractivity contribution >= 4 is 5.91 Å². The lowest BCUT2D eigenvalue weighted by molar-refractivity contribution is -0.121. The molecule has 3 heteroatoms. The summed E-state index contributed by atoms with van der Waals surface area (Å²) in [6.45, 7) is 9.42. The molecule has 16 heavy (non-hydrogen) atoms. The maximum Gasteiger partial charge on any atom is 0.219 e. The lowest BCUT2D eigenvalue weighted by Crippen LogP contribution is -2.47. The molecule has 0 aromatic rings. The molecule has 0 aromatic carbocycles. The minimum absolute atomic E-state index is 0.137. The van der Waals surface area contributed by atoms with Gasteiger partial charge in [-0.05, 0) is 30.1 Å². The van der Waals surface area contributed by atoms with E-state index in [1.165, 1.54) is 0 Å². The molecule has 1 aliphatic rings. The Hall–Kier alpha value is -0.570. The Morgan fingerprint density at radius 2 is 2.00 bits per heavy atom. The molecule has 1 saturated carbocycles. The molecule has 1 aliphatic carbocycles. The average molecular weight is 226 g/mol. The number of amides is 1. The van der Waals surface area contributed by atoms with Crippen LogP contribution in [0.1, 0.15) is 53.4 Å². The van der Waals surface area contributed by atoms with E-state index in [2.05, 4.69) is 26.1 Å². The molecule has 1 rings (SSSR count). The van der Waals surface area contributed by atoms with Gasteiger partial charge in [0.1, 0.15) is 0 Å². The van der Waals surface area contributed by atoms with E-state index in [0.29, 0.717) is 11.8 Å². The van der Waals surface area contributed by atoms with Crippen molar-refractivity contribution in [1.82, 2.24) is 5.32 Å². The van der Waals surface area contributed by atoms with Crippen LogP contribution in [-0.2, 0) is 4.79 Å². The van der Waals surface area contributed by atoms with Gasteiger partial charge in [0, 0.05) is 19.0 Å². The first-order valence-electron chi connectivity index (χ1n) is 6.29. The van der Waals surface area contributed by atoms with E-state index in [-0.39, 0.29) is 17.4 Å². The van der Waals surface area contributed by atoms with Gasteiger partial charge in [0.15, 0.2) is 0 Å². The molecular formula is C13H26N2O. The van der Waals surface area contributed by atoms with Crippen LogP contribution in [0.4, 0.5) is 0 Å². The molecule has 3 nitrogen and oxygen atoms in total. The van der Waals surface area contributed by atoms with E-state index in [1.807, 2.05) is 6.92 Å². The molecule has 0 radical (unpaired) electrons. The number of nitrogens with two attached hydrogens (primary N) is 1. The van der Waals surface area contributed by atoms with E-state index >= 15 is 0 Å². The molecular weight excluding hydrogens is 200 g/mol. The number of hydrogen-bond donors (Lipinski definition) is 2. The number of hydrogen-bond acceptors (Lipinski definition) is 2. The first-order chi connectivity index (χ1) is 7.26. The second-order valence-corrected chi connectivity index (χ2v) is 6.45. The first-order valence-corrected chi connectivity index (χ1v) is 6.29. The van der Waals surface area contributed by atoms with Gasteiger partial charge in [0.25, 0.3) is 0 Å². The fourth-order valence-electron chi connectivity index (χ4n) is 3.29. The lowest BCUT2D eigenvalue weighted by atomic mass is 9.63. The number of carbonyl (C=O) groups excluding carboxylic acids is 1. The van der Waals surface area contributed by atoms with Gasteiger partial charge in [-0.3, -0.25) is 4.79 Å². The highest BCUT2D eigenvalue weighted by atomic mass is 16.1.